The minimum absolute atomic E-state index is 0.0652. The maximum atomic E-state index is 12.2. The van der Waals surface area contributed by atoms with Crippen LogP contribution in [0.25, 0.3) is 0 Å². The minimum Gasteiger partial charge on any atom is -0.465 e. The summed E-state index contributed by atoms with van der Waals surface area (Å²) in [6.07, 6.45) is 7.50. The number of carbonyl (C=O) groups excluding carboxylic acids is 1. The summed E-state index contributed by atoms with van der Waals surface area (Å²) in [5.41, 5.74) is 0.186. The zero-order chi connectivity index (χ0) is 20.6. The molecular weight excluding hydrogens is 372 g/mol. The molecule has 1 N–H and O–H groups in total. The lowest BCUT2D eigenvalue weighted by molar-refractivity contribution is -0.134. The highest BCUT2D eigenvalue weighted by Gasteiger charge is 2.58. The molecule has 8 heteroatoms. The third-order valence-corrected chi connectivity index (χ3v) is 7.56. The lowest BCUT2D eigenvalue weighted by Gasteiger charge is -2.58. The molecule has 1 aromatic heterocycles. The van der Waals surface area contributed by atoms with Gasteiger partial charge in [-0.1, -0.05) is 13.3 Å². The van der Waals surface area contributed by atoms with Crippen LogP contribution in [-0.4, -0.2) is 75.1 Å². The van der Waals surface area contributed by atoms with Gasteiger partial charge in [0.1, 0.15) is 6.26 Å². The lowest BCUT2D eigenvalue weighted by Crippen LogP contribution is -2.62. The molecule has 2 aliphatic heterocycles. The maximum absolute atomic E-state index is 12.2. The number of hydrogen-bond acceptors (Lipinski definition) is 5. The van der Waals surface area contributed by atoms with Gasteiger partial charge < -0.3 is 19.3 Å². The van der Waals surface area contributed by atoms with Gasteiger partial charge in [0, 0.05) is 45.2 Å². The molecule has 0 radical (unpaired) electrons. The number of rotatable bonds is 5. The predicted molar refractivity (Wildman–Crippen MR) is 106 cm³/mol. The van der Waals surface area contributed by atoms with E-state index < -0.39 is 6.09 Å². The van der Waals surface area contributed by atoms with Crippen LogP contribution >= 0.6 is 0 Å². The van der Waals surface area contributed by atoms with Gasteiger partial charge in [-0.15, -0.1) is 0 Å². The molecule has 4 rings (SSSR count). The number of oxazole rings is 1. The van der Waals surface area contributed by atoms with Gasteiger partial charge in [0.05, 0.1) is 12.7 Å². The average molecular weight is 405 g/mol. The summed E-state index contributed by atoms with van der Waals surface area (Å²) in [6.45, 7) is 7.63. The molecule has 1 aromatic rings. The van der Waals surface area contributed by atoms with E-state index in [-0.39, 0.29) is 17.4 Å². The summed E-state index contributed by atoms with van der Waals surface area (Å²) in [5.74, 6) is 1.22. The van der Waals surface area contributed by atoms with Crippen LogP contribution in [0.4, 0.5) is 4.79 Å². The Kier molecular flexibility index (Phi) is 5.55. The Balaban J connectivity index is 1.34. The fourth-order valence-corrected chi connectivity index (χ4v) is 6.08. The van der Waals surface area contributed by atoms with Gasteiger partial charge in [-0.05, 0) is 37.0 Å². The van der Waals surface area contributed by atoms with Crippen molar-refractivity contribution in [3.8, 4) is 0 Å². The van der Waals surface area contributed by atoms with Crippen molar-refractivity contribution < 1.29 is 19.1 Å². The number of carboxylic acid groups (broad SMARTS) is 1. The van der Waals surface area contributed by atoms with Crippen LogP contribution in [-0.2, 0) is 11.3 Å². The van der Waals surface area contributed by atoms with E-state index in [1.54, 1.807) is 24.3 Å². The van der Waals surface area contributed by atoms with Gasteiger partial charge in [-0.2, -0.15) is 0 Å². The second-order valence-electron chi connectivity index (χ2n) is 8.94. The monoisotopic (exact) mass is 404 g/mol. The Morgan fingerprint density at radius 1 is 1.34 bits per heavy atom. The van der Waals surface area contributed by atoms with Crippen LogP contribution in [0, 0.1) is 11.3 Å². The van der Waals surface area contributed by atoms with Crippen LogP contribution in [0.5, 0.6) is 0 Å². The third-order valence-electron chi connectivity index (χ3n) is 7.56. The van der Waals surface area contributed by atoms with Gasteiger partial charge in [-0.25, -0.2) is 9.78 Å². The van der Waals surface area contributed by atoms with Crippen molar-refractivity contribution in [2.24, 2.45) is 11.3 Å². The van der Waals surface area contributed by atoms with Crippen molar-refractivity contribution in [1.82, 2.24) is 19.7 Å². The Morgan fingerprint density at radius 3 is 2.66 bits per heavy atom. The summed E-state index contributed by atoms with van der Waals surface area (Å²) in [4.78, 5) is 33.8. The van der Waals surface area contributed by atoms with Crippen LogP contribution < -0.4 is 0 Å². The molecule has 0 bridgehead atoms. The van der Waals surface area contributed by atoms with E-state index in [1.165, 1.54) is 0 Å². The topological polar surface area (TPSA) is 90.1 Å². The van der Waals surface area contributed by atoms with Crippen molar-refractivity contribution in [3.05, 3.63) is 18.4 Å². The molecule has 3 unspecified atom stereocenters. The summed E-state index contributed by atoms with van der Waals surface area (Å²) in [5, 5.41) is 9.33. The fraction of sp³-hybridized carbons (Fsp3) is 0.762. The Morgan fingerprint density at radius 2 is 2.10 bits per heavy atom. The van der Waals surface area contributed by atoms with E-state index in [0.29, 0.717) is 37.5 Å². The molecule has 1 saturated carbocycles. The van der Waals surface area contributed by atoms with Crippen molar-refractivity contribution >= 4 is 12.0 Å². The predicted octanol–water partition coefficient (Wildman–Crippen LogP) is 2.66. The Labute approximate surface area is 171 Å². The number of piperidine rings is 1. The summed E-state index contributed by atoms with van der Waals surface area (Å²) in [7, 11) is 0. The van der Waals surface area contributed by atoms with E-state index in [0.717, 1.165) is 45.2 Å². The van der Waals surface area contributed by atoms with Crippen molar-refractivity contribution in [2.75, 3.05) is 26.2 Å². The molecule has 3 fully saturated rings. The zero-order valence-electron chi connectivity index (χ0n) is 17.4. The number of hydrogen-bond donors (Lipinski definition) is 1. The second kappa shape index (κ2) is 7.97. The normalized spacial score (nSPS) is 30.5. The molecule has 2 saturated heterocycles. The Bertz CT molecular complexity index is 731. The highest BCUT2D eigenvalue weighted by Crippen LogP contribution is 2.56. The van der Waals surface area contributed by atoms with Crippen LogP contribution in [0.3, 0.4) is 0 Å². The second-order valence-corrected chi connectivity index (χ2v) is 8.94. The first-order valence-electron chi connectivity index (χ1n) is 10.8. The minimum atomic E-state index is -0.781. The van der Waals surface area contributed by atoms with E-state index >= 15 is 0 Å². The van der Waals surface area contributed by atoms with E-state index in [9.17, 15) is 14.7 Å². The first kappa shape index (κ1) is 20.2. The van der Waals surface area contributed by atoms with E-state index in [2.05, 4.69) is 16.8 Å². The molecule has 1 spiro atoms. The van der Waals surface area contributed by atoms with Gasteiger partial charge in [0.2, 0.25) is 11.8 Å². The fourth-order valence-electron chi connectivity index (χ4n) is 6.08. The van der Waals surface area contributed by atoms with Gasteiger partial charge in [0.15, 0.2) is 0 Å². The van der Waals surface area contributed by atoms with E-state index in [1.807, 2.05) is 4.90 Å². The number of carbonyl (C=O) groups is 2. The van der Waals surface area contributed by atoms with Gasteiger partial charge in [-0.3, -0.25) is 9.69 Å². The number of aromatic nitrogens is 1. The molecule has 8 nitrogen and oxygen atoms in total. The largest absolute Gasteiger partial charge is 0.465 e. The molecule has 0 aromatic carbocycles. The van der Waals surface area contributed by atoms with Gasteiger partial charge >= 0.3 is 6.09 Å². The zero-order valence-corrected chi connectivity index (χ0v) is 17.4. The Hall–Kier alpha value is -2.09. The summed E-state index contributed by atoms with van der Waals surface area (Å²) < 4.78 is 5.34. The quantitative estimate of drug-likeness (QED) is 0.811. The molecular formula is C21H32N4O4. The molecule has 3 heterocycles. The standard InChI is InChI=1S/C21H32N4O4/c1-3-17-18(12-21(17)6-10-24(14-21)20(27)28)23-8-4-16(5-9-23)25(15(2)26)13-19-22-7-11-29-19/h7,11,16-18H,3-6,8-10,12-14H2,1-2H3,(H,27,28). The molecule has 3 aliphatic rings. The smallest absolute Gasteiger partial charge is 0.407 e. The van der Waals surface area contributed by atoms with Crippen molar-refractivity contribution in [3.63, 3.8) is 0 Å². The van der Waals surface area contributed by atoms with E-state index in [4.69, 9.17) is 4.42 Å². The third kappa shape index (κ3) is 3.74. The number of amides is 2. The maximum Gasteiger partial charge on any atom is 0.407 e. The van der Waals surface area contributed by atoms with Crippen LogP contribution in [0.2, 0.25) is 0 Å². The van der Waals surface area contributed by atoms with Crippen molar-refractivity contribution in [2.45, 2.75) is 64.6 Å². The lowest BCUT2D eigenvalue weighted by atomic mass is 9.54. The SMILES string of the molecule is CCC1C(N2CCC(N(Cc3ncco3)C(C)=O)CC2)CC12CCN(C(=O)O)C2. The number of likely N-dealkylation sites (tertiary alicyclic amines) is 2. The molecule has 1 aliphatic carbocycles. The summed E-state index contributed by atoms with van der Waals surface area (Å²) in [6, 6.07) is 0.769. The van der Waals surface area contributed by atoms with Crippen LogP contribution in [0.1, 0.15) is 51.8 Å². The van der Waals surface area contributed by atoms with Crippen molar-refractivity contribution in [1.29, 1.82) is 0 Å². The van der Waals surface area contributed by atoms with Gasteiger partial charge in [0.25, 0.3) is 0 Å². The highest BCUT2D eigenvalue weighted by molar-refractivity contribution is 5.73. The molecule has 2 amide bonds. The molecule has 29 heavy (non-hydrogen) atoms. The van der Waals surface area contributed by atoms with Crippen LogP contribution in [0.15, 0.2) is 16.9 Å². The summed E-state index contributed by atoms with van der Waals surface area (Å²) >= 11 is 0. The average Bonchev–Trinajstić information content (AvgIpc) is 3.36. The highest BCUT2D eigenvalue weighted by atomic mass is 16.4. The molecule has 160 valence electrons. The first-order chi connectivity index (χ1) is 13.9. The molecule has 3 atom stereocenters. The number of nitrogens with zero attached hydrogens (tertiary/aromatic N) is 4. The first-order valence-corrected chi connectivity index (χ1v) is 10.8.